The van der Waals surface area contributed by atoms with Crippen molar-refractivity contribution in [2.75, 3.05) is 32.1 Å². The third kappa shape index (κ3) is 7.54. The fourth-order valence-electron chi connectivity index (χ4n) is 2.59. The van der Waals surface area contributed by atoms with Gasteiger partial charge in [-0.1, -0.05) is 35.3 Å². The molecular weight excluding hydrogens is 487 g/mol. The Morgan fingerprint density at radius 1 is 1.18 bits per heavy atom. The highest BCUT2D eigenvalue weighted by Crippen LogP contribution is 2.29. The molecule has 2 aromatic rings. The Kier molecular flexibility index (Phi) is 9.36. The molecule has 0 spiro atoms. The summed E-state index contributed by atoms with van der Waals surface area (Å²) in [5, 5.41) is 4.85. The summed E-state index contributed by atoms with van der Waals surface area (Å²) in [7, 11) is 1.46. The van der Waals surface area contributed by atoms with Gasteiger partial charge in [-0.25, -0.2) is 4.39 Å². The highest BCUT2D eigenvalue weighted by molar-refractivity contribution is 6.47. The minimum atomic E-state index is -5.01. The quantitative estimate of drug-likeness (QED) is 0.263. The number of carbonyl (C=O) groups excluding carboxylic acids is 1. The molecule has 33 heavy (non-hydrogen) atoms. The van der Waals surface area contributed by atoms with Crippen molar-refractivity contribution in [1.82, 2.24) is 5.32 Å². The van der Waals surface area contributed by atoms with Gasteiger partial charge in [0.2, 0.25) is 5.91 Å². The number of aliphatic imine (C=N–C) groups is 1. The summed E-state index contributed by atoms with van der Waals surface area (Å²) in [5.41, 5.74) is 3.76. The summed E-state index contributed by atoms with van der Waals surface area (Å²) in [5.74, 6) is -1.17. The number of anilines is 1. The minimum Gasteiger partial charge on any atom is -0.495 e. The van der Waals surface area contributed by atoms with Gasteiger partial charge in [0.15, 0.2) is 5.71 Å². The Hall–Kier alpha value is -2.98. The number of hydrogen-bond donors (Lipinski definition) is 3. The number of benzene rings is 2. The van der Waals surface area contributed by atoms with Crippen molar-refractivity contribution >= 4 is 46.2 Å². The van der Waals surface area contributed by atoms with Crippen LogP contribution in [0.15, 0.2) is 52.5 Å². The Bertz CT molecular complexity index is 1060. The number of nitrogens with zero attached hydrogens (tertiary/aromatic N) is 1. The SMILES string of the molecule is COc1cc(NCCNC(=O)CN=C(C(Cl)=C(N)c2ccccc2F)C(F)(F)F)ccc1Cl. The third-order valence-corrected chi connectivity index (χ3v) is 4.88. The molecule has 0 unspecified atom stereocenters. The maximum absolute atomic E-state index is 13.9. The number of carbonyl (C=O) groups is 1. The number of ether oxygens (including phenoxy) is 1. The van der Waals surface area contributed by atoms with Crippen LogP contribution < -0.4 is 21.1 Å². The number of nitrogens with two attached hydrogens (primary N) is 1. The molecule has 4 N–H and O–H groups in total. The second-order valence-corrected chi connectivity index (χ2v) is 7.28. The van der Waals surface area contributed by atoms with Crippen LogP contribution in [0.3, 0.4) is 0 Å². The van der Waals surface area contributed by atoms with Gasteiger partial charge in [0, 0.05) is 30.4 Å². The Labute approximate surface area is 197 Å². The zero-order valence-electron chi connectivity index (χ0n) is 17.3. The van der Waals surface area contributed by atoms with E-state index in [1.165, 1.54) is 25.3 Å². The van der Waals surface area contributed by atoms with E-state index >= 15 is 0 Å². The maximum Gasteiger partial charge on any atom is 0.434 e. The van der Waals surface area contributed by atoms with Crippen LogP contribution in [0.2, 0.25) is 5.02 Å². The molecule has 0 aliphatic carbocycles. The molecule has 0 aliphatic heterocycles. The Morgan fingerprint density at radius 3 is 2.52 bits per heavy atom. The van der Waals surface area contributed by atoms with E-state index in [0.717, 1.165) is 6.07 Å². The van der Waals surface area contributed by atoms with Crippen LogP contribution in [0.1, 0.15) is 5.56 Å². The van der Waals surface area contributed by atoms with Crippen LogP contribution in [0.5, 0.6) is 5.75 Å². The third-order valence-electron chi connectivity index (χ3n) is 4.19. The maximum atomic E-state index is 13.9. The largest absolute Gasteiger partial charge is 0.495 e. The summed E-state index contributed by atoms with van der Waals surface area (Å²) >= 11 is 11.7. The number of rotatable bonds is 9. The van der Waals surface area contributed by atoms with Crippen molar-refractivity contribution in [3.63, 3.8) is 0 Å². The first kappa shape index (κ1) is 26.3. The lowest BCUT2D eigenvalue weighted by Gasteiger charge is -2.13. The van der Waals surface area contributed by atoms with E-state index in [1.54, 1.807) is 18.2 Å². The number of halogens is 6. The van der Waals surface area contributed by atoms with Crippen molar-refractivity contribution < 1.29 is 27.1 Å². The fraction of sp³-hybridized carbons (Fsp3) is 0.238. The Balaban J connectivity index is 2.01. The van der Waals surface area contributed by atoms with E-state index in [0.29, 0.717) is 16.5 Å². The van der Waals surface area contributed by atoms with E-state index in [1.807, 2.05) is 0 Å². The number of methoxy groups -OCH3 is 1. The van der Waals surface area contributed by atoms with E-state index in [9.17, 15) is 22.4 Å². The summed E-state index contributed by atoms with van der Waals surface area (Å²) in [6.45, 7) is -0.487. The highest BCUT2D eigenvalue weighted by Gasteiger charge is 2.39. The van der Waals surface area contributed by atoms with Crippen LogP contribution in [-0.2, 0) is 4.79 Å². The smallest absolute Gasteiger partial charge is 0.434 e. The van der Waals surface area contributed by atoms with Gasteiger partial charge in [0.05, 0.1) is 22.9 Å². The van der Waals surface area contributed by atoms with Crippen LogP contribution >= 0.6 is 23.2 Å². The van der Waals surface area contributed by atoms with Gasteiger partial charge in [-0.15, -0.1) is 0 Å². The average molecular weight is 507 g/mol. The standard InChI is InChI=1S/C21H20Cl2F4N4O2/c1-33-16-10-12(6-7-14(16)22)29-8-9-30-17(32)11-31-20(21(25,26)27)18(23)19(28)13-4-2-3-5-15(13)24/h2-7,10,29H,8-9,11,28H2,1H3,(H,30,32). The molecule has 0 saturated carbocycles. The lowest BCUT2D eigenvalue weighted by Crippen LogP contribution is -2.32. The number of amides is 1. The molecule has 6 nitrogen and oxygen atoms in total. The van der Waals surface area contributed by atoms with Gasteiger partial charge in [-0.05, 0) is 24.3 Å². The van der Waals surface area contributed by atoms with Crippen LogP contribution in [-0.4, -0.2) is 44.5 Å². The van der Waals surface area contributed by atoms with Gasteiger partial charge in [0.25, 0.3) is 0 Å². The lowest BCUT2D eigenvalue weighted by atomic mass is 10.1. The normalized spacial score (nSPS) is 12.8. The highest BCUT2D eigenvalue weighted by atomic mass is 35.5. The molecule has 0 heterocycles. The number of nitrogens with one attached hydrogen (secondary N) is 2. The van der Waals surface area contributed by atoms with Crippen molar-refractivity contribution in [2.45, 2.75) is 6.18 Å². The summed E-state index contributed by atoms with van der Waals surface area (Å²) in [4.78, 5) is 15.2. The van der Waals surface area contributed by atoms with Crippen LogP contribution in [0.4, 0.5) is 23.2 Å². The molecule has 1 amide bonds. The first-order valence-electron chi connectivity index (χ1n) is 9.40. The van der Waals surface area contributed by atoms with Crippen molar-refractivity contribution in [3.05, 3.63) is 63.9 Å². The summed E-state index contributed by atoms with van der Waals surface area (Å²) in [6.07, 6.45) is -5.01. The average Bonchev–Trinajstić information content (AvgIpc) is 2.76. The molecule has 2 aromatic carbocycles. The molecule has 2 rings (SSSR count). The van der Waals surface area contributed by atoms with Gasteiger partial charge in [0.1, 0.15) is 18.1 Å². The molecule has 0 saturated heterocycles. The van der Waals surface area contributed by atoms with E-state index in [2.05, 4.69) is 15.6 Å². The van der Waals surface area contributed by atoms with Crippen molar-refractivity contribution in [1.29, 1.82) is 0 Å². The number of hydrogen-bond acceptors (Lipinski definition) is 5. The summed E-state index contributed by atoms with van der Waals surface area (Å²) in [6, 6.07) is 9.91. The Morgan fingerprint density at radius 2 is 1.88 bits per heavy atom. The molecule has 0 aromatic heterocycles. The second-order valence-electron chi connectivity index (χ2n) is 6.50. The number of alkyl halides is 3. The molecule has 0 fully saturated rings. The fourth-order valence-corrected chi connectivity index (χ4v) is 3.06. The molecule has 0 bridgehead atoms. The minimum absolute atomic E-state index is 0.0988. The first-order chi connectivity index (χ1) is 15.5. The first-order valence-corrected chi connectivity index (χ1v) is 10.2. The predicted octanol–water partition coefficient (Wildman–Crippen LogP) is 4.59. The molecule has 178 valence electrons. The molecule has 0 radical (unpaired) electrons. The van der Waals surface area contributed by atoms with Crippen LogP contribution in [0, 0.1) is 5.82 Å². The predicted molar refractivity (Wildman–Crippen MR) is 121 cm³/mol. The molecule has 0 atom stereocenters. The van der Waals surface area contributed by atoms with Gasteiger partial charge in [-0.3, -0.25) is 9.79 Å². The second kappa shape index (κ2) is 11.8. The molecule has 12 heteroatoms. The van der Waals surface area contributed by atoms with E-state index in [4.69, 9.17) is 33.7 Å². The zero-order chi connectivity index (χ0) is 24.6. The van der Waals surface area contributed by atoms with Crippen molar-refractivity contribution in [3.8, 4) is 5.75 Å². The topological polar surface area (TPSA) is 88.7 Å². The van der Waals surface area contributed by atoms with E-state index in [-0.39, 0.29) is 18.7 Å². The van der Waals surface area contributed by atoms with E-state index < -0.39 is 40.9 Å². The van der Waals surface area contributed by atoms with Gasteiger partial charge in [-0.2, -0.15) is 13.2 Å². The molecule has 0 aliphatic rings. The van der Waals surface area contributed by atoms with Crippen molar-refractivity contribution in [2.24, 2.45) is 10.7 Å². The van der Waals surface area contributed by atoms with Gasteiger partial charge >= 0.3 is 6.18 Å². The zero-order valence-corrected chi connectivity index (χ0v) is 18.8. The number of allylic oxidation sites excluding steroid dienone is 1. The van der Waals surface area contributed by atoms with Crippen LogP contribution in [0.25, 0.3) is 5.70 Å². The summed E-state index contributed by atoms with van der Waals surface area (Å²) < 4.78 is 59.2. The monoisotopic (exact) mass is 506 g/mol. The lowest BCUT2D eigenvalue weighted by molar-refractivity contribution is -0.119. The molecular formula is C21H20Cl2F4N4O2. The van der Waals surface area contributed by atoms with Gasteiger partial charge < -0.3 is 21.1 Å².